The highest BCUT2D eigenvalue weighted by atomic mass is 16.4. The number of amides is 4. The molecule has 13 nitrogen and oxygen atoms in total. The minimum absolute atomic E-state index is 0.0165. The molecule has 9 N–H and O–H groups in total. The number of H-pyrrole nitrogens is 1. The molecule has 4 rings (SSSR count). The van der Waals surface area contributed by atoms with Crippen molar-refractivity contribution in [3.63, 3.8) is 0 Å². The van der Waals surface area contributed by atoms with E-state index in [1.807, 2.05) is 44.2 Å². The van der Waals surface area contributed by atoms with Gasteiger partial charge in [-0.2, -0.15) is 0 Å². The Balaban J connectivity index is 1.51. The van der Waals surface area contributed by atoms with Gasteiger partial charge in [-0.05, 0) is 53.6 Å². The molecule has 0 aliphatic carbocycles. The fraction of sp³-hybridized carbons (Fsp3) is 0.324. The number of carboxylic acid groups (broad SMARTS) is 1. The van der Waals surface area contributed by atoms with Gasteiger partial charge in [-0.1, -0.05) is 74.5 Å². The van der Waals surface area contributed by atoms with Gasteiger partial charge in [-0.3, -0.25) is 19.2 Å². The first-order valence-electron chi connectivity index (χ1n) is 16.4. The molecule has 0 aliphatic rings. The fourth-order valence-corrected chi connectivity index (χ4v) is 5.55. The molecular weight excluding hydrogens is 640 g/mol. The summed E-state index contributed by atoms with van der Waals surface area (Å²) < 4.78 is 0. The number of fused-ring (bicyclic) bond motifs is 1. The predicted octanol–water partition coefficient (Wildman–Crippen LogP) is 1.93. The van der Waals surface area contributed by atoms with Gasteiger partial charge in [0.2, 0.25) is 23.6 Å². The number of aliphatic carboxylic acids is 1. The third-order valence-electron chi connectivity index (χ3n) is 8.14. The number of aromatic hydroxyl groups is 1. The number of carboxylic acids is 1. The van der Waals surface area contributed by atoms with E-state index in [4.69, 9.17) is 5.73 Å². The summed E-state index contributed by atoms with van der Waals surface area (Å²) in [6.45, 7) is 3.22. The summed E-state index contributed by atoms with van der Waals surface area (Å²) in [4.78, 5) is 68.5. The molecule has 3 aromatic carbocycles. The maximum Gasteiger partial charge on any atom is 0.326 e. The molecule has 0 saturated heterocycles. The molecule has 0 radical (unpaired) electrons. The number of hydrogen-bond acceptors (Lipinski definition) is 7. The van der Waals surface area contributed by atoms with Crippen molar-refractivity contribution in [3.05, 3.63) is 102 Å². The molecule has 50 heavy (non-hydrogen) atoms. The average molecular weight is 685 g/mol. The van der Waals surface area contributed by atoms with Gasteiger partial charge in [0.15, 0.2) is 0 Å². The van der Waals surface area contributed by atoms with Crippen molar-refractivity contribution in [2.45, 2.75) is 63.7 Å². The van der Waals surface area contributed by atoms with Crippen LogP contribution in [0.3, 0.4) is 0 Å². The van der Waals surface area contributed by atoms with E-state index in [1.54, 1.807) is 42.6 Å². The number of aromatic nitrogens is 1. The normalized spacial score (nSPS) is 13.5. The average Bonchev–Trinajstić information content (AvgIpc) is 3.50. The molecule has 0 fully saturated rings. The van der Waals surface area contributed by atoms with E-state index in [9.17, 15) is 34.2 Å². The van der Waals surface area contributed by atoms with Crippen LogP contribution in [0.1, 0.15) is 37.0 Å². The zero-order chi connectivity index (χ0) is 36.2. The van der Waals surface area contributed by atoms with Crippen LogP contribution in [0.2, 0.25) is 0 Å². The number of rotatable bonds is 17. The van der Waals surface area contributed by atoms with Crippen LogP contribution in [0, 0.1) is 5.92 Å². The summed E-state index contributed by atoms with van der Waals surface area (Å²) in [5.74, 6) is -3.73. The number of para-hydroxylation sites is 1. The number of nitrogens with two attached hydrogens (primary N) is 1. The van der Waals surface area contributed by atoms with Crippen LogP contribution < -0.4 is 27.0 Å². The highest BCUT2D eigenvalue weighted by molar-refractivity contribution is 5.95. The van der Waals surface area contributed by atoms with E-state index in [2.05, 4.69) is 26.3 Å². The van der Waals surface area contributed by atoms with Crippen molar-refractivity contribution >= 4 is 40.5 Å². The van der Waals surface area contributed by atoms with Crippen molar-refractivity contribution in [2.24, 2.45) is 11.7 Å². The molecule has 13 heteroatoms. The lowest BCUT2D eigenvalue weighted by Crippen LogP contribution is -2.57. The zero-order valence-corrected chi connectivity index (χ0v) is 28.0. The number of aromatic amines is 1. The van der Waals surface area contributed by atoms with Crippen LogP contribution in [0.5, 0.6) is 5.75 Å². The van der Waals surface area contributed by atoms with Gasteiger partial charge >= 0.3 is 5.97 Å². The molecule has 4 aromatic rings. The first-order chi connectivity index (χ1) is 23.9. The van der Waals surface area contributed by atoms with Gasteiger partial charge in [-0.25, -0.2) is 4.79 Å². The lowest BCUT2D eigenvalue weighted by atomic mass is 10.0. The number of phenols is 1. The van der Waals surface area contributed by atoms with Gasteiger partial charge in [0.1, 0.15) is 23.9 Å². The van der Waals surface area contributed by atoms with Crippen molar-refractivity contribution in [3.8, 4) is 5.75 Å². The van der Waals surface area contributed by atoms with E-state index >= 15 is 0 Å². The van der Waals surface area contributed by atoms with Crippen molar-refractivity contribution in [1.82, 2.24) is 26.3 Å². The highest BCUT2D eigenvalue weighted by Gasteiger charge is 2.31. The summed E-state index contributed by atoms with van der Waals surface area (Å²) >= 11 is 0. The molecule has 1 heterocycles. The Morgan fingerprint density at radius 1 is 0.720 bits per heavy atom. The van der Waals surface area contributed by atoms with Gasteiger partial charge in [0.05, 0.1) is 12.6 Å². The number of phenolic OH excluding ortho intramolecular Hbond substituents is 1. The van der Waals surface area contributed by atoms with Gasteiger partial charge in [0, 0.05) is 29.9 Å². The summed E-state index contributed by atoms with van der Waals surface area (Å²) in [5, 5.41) is 30.6. The Hall–Kier alpha value is -5.69. The molecule has 4 amide bonds. The molecule has 0 bridgehead atoms. The number of nitrogens with one attached hydrogen (secondary N) is 5. The van der Waals surface area contributed by atoms with Crippen LogP contribution in [0.25, 0.3) is 10.9 Å². The SMILES string of the molecule is CC(C)C[C@H](NC(=O)[C@H](Cc1ccccc1)NC(=O)[C@H](Cc1c[nH]c2ccccc12)NC(=O)CNC(=O)[C@@H](N)Cc1ccc(O)cc1)C(=O)O. The van der Waals surface area contributed by atoms with Gasteiger partial charge in [0.25, 0.3) is 0 Å². The van der Waals surface area contributed by atoms with E-state index in [-0.39, 0.29) is 37.4 Å². The minimum Gasteiger partial charge on any atom is -0.508 e. The largest absolute Gasteiger partial charge is 0.508 e. The smallest absolute Gasteiger partial charge is 0.326 e. The van der Waals surface area contributed by atoms with Crippen LogP contribution in [-0.2, 0) is 43.2 Å². The Bertz CT molecular complexity index is 1770. The van der Waals surface area contributed by atoms with E-state index < -0.39 is 60.3 Å². The minimum atomic E-state index is -1.19. The Kier molecular flexibility index (Phi) is 13.1. The maximum atomic E-state index is 14.0. The number of carbonyl (C=O) groups is 5. The van der Waals surface area contributed by atoms with Gasteiger partial charge < -0.3 is 42.2 Å². The van der Waals surface area contributed by atoms with Crippen LogP contribution in [0.15, 0.2) is 85.1 Å². The third kappa shape index (κ3) is 10.9. The van der Waals surface area contributed by atoms with Gasteiger partial charge in [-0.15, -0.1) is 0 Å². The molecule has 0 saturated carbocycles. The molecular formula is C37H44N6O7. The monoisotopic (exact) mass is 684 g/mol. The Labute approximate surface area is 290 Å². The second kappa shape index (κ2) is 17.6. The predicted molar refractivity (Wildman–Crippen MR) is 188 cm³/mol. The van der Waals surface area contributed by atoms with E-state index in [0.29, 0.717) is 0 Å². The topological polar surface area (TPSA) is 216 Å². The molecule has 4 atom stereocenters. The first kappa shape index (κ1) is 37.1. The summed E-state index contributed by atoms with van der Waals surface area (Å²) in [7, 11) is 0. The fourth-order valence-electron chi connectivity index (χ4n) is 5.55. The third-order valence-corrected chi connectivity index (χ3v) is 8.14. The Morgan fingerprint density at radius 3 is 1.98 bits per heavy atom. The molecule has 0 spiro atoms. The van der Waals surface area contributed by atoms with Crippen molar-refractivity contribution in [2.75, 3.05) is 6.54 Å². The summed E-state index contributed by atoms with van der Waals surface area (Å²) in [6, 6.07) is 18.2. The molecule has 264 valence electrons. The highest BCUT2D eigenvalue weighted by Crippen LogP contribution is 2.19. The lowest BCUT2D eigenvalue weighted by Gasteiger charge is -2.25. The second-order valence-electron chi connectivity index (χ2n) is 12.7. The lowest BCUT2D eigenvalue weighted by molar-refractivity contribution is -0.142. The van der Waals surface area contributed by atoms with Crippen LogP contribution in [0.4, 0.5) is 0 Å². The van der Waals surface area contributed by atoms with Crippen molar-refractivity contribution < 1.29 is 34.2 Å². The van der Waals surface area contributed by atoms with Crippen molar-refractivity contribution in [1.29, 1.82) is 0 Å². The van der Waals surface area contributed by atoms with E-state index in [1.165, 1.54) is 12.1 Å². The zero-order valence-electron chi connectivity index (χ0n) is 28.0. The summed E-state index contributed by atoms with van der Waals surface area (Å²) in [5.41, 5.74) is 9.05. The standard InChI is InChI=1S/C37H44N6O7/c1-22(2)16-32(37(49)50)43-35(47)30(18-23-8-4-3-5-9-23)42-36(48)31(19-25-20-39-29-11-7-6-10-27(25)29)41-33(45)21-40-34(46)28(38)17-24-12-14-26(44)15-13-24/h3-15,20,22,28,30-32,39,44H,16-19,21,38H2,1-2H3,(H,40,46)(H,41,45)(H,42,48)(H,43,47)(H,49,50)/t28-,30-,31-,32-/m0/s1. The molecule has 1 aromatic heterocycles. The van der Waals surface area contributed by atoms with Crippen LogP contribution >= 0.6 is 0 Å². The number of benzene rings is 3. The molecule has 0 unspecified atom stereocenters. The van der Waals surface area contributed by atoms with Crippen LogP contribution in [-0.4, -0.2) is 75.5 Å². The molecule has 0 aliphatic heterocycles. The second-order valence-corrected chi connectivity index (χ2v) is 12.7. The maximum absolute atomic E-state index is 14.0. The summed E-state index contributed by atoms with van der Waals surface area (Å²) in [6.07, 6.45) is 2.20. The number of hydrogen-bond donors (Lipinski definition) is 8. The van der Waals surface area contributed by atoms with E-state index in [0.717, 1.165) is 27.6 Å². The first-order valence-corrected chi connectivity index (χ1v) is 16.4. The quantitative estimate of drug-likeness (QED) is 0.0820. The Morgan fingerprint density at radius 2 is 1.32 bits per heavy atom. The number of carbonyl (C=O) groups excluding carboxylic acids is 4.